The Hall–Kier alpha value is -0.705. The predicted octanol–water partition coefficient (Wildman–Crippen LogP) is 4.16. The summed E-state index contributed by atoms with van der Waals surface area (Å²) in [4.78, 5) is 0. The predicted molar refractivity (Wildman–Crippen MR) is 57.0 cm³/mol. The van der Waals surface area contributed by atoms with Gasteiger partial charge in [0.15, 0.2) is 0 Å². The lowest BCUT2D eigenvalue weighted by Crippen LogP contribution is -2.09. The Morgan fingerprint density at radius 3 is 2.50 bits per heavy atom. The van der Waals surface area contributed by atoms with Gasteiger partial charge in [0.05, 0.1) is 0 Å². The molecule has 0 atom stereocenters. The average Bonchev–Trinajstić information content (AvgIpc) is 2.05. The maximum Gasteiger partial charge on any atom is 0.502 e. The molecule has 0 fully saturated rings. The molecule has 0 aromatic heterocycles. The Kier molecular flexibility index (Phi) is 3.42. The Morgan fingerprint density at radius 1 is 1.29 bits per heavy atom. The van der Waals surface area contributed by atoms with Crippen molar-refractivity contribution in [1.29, 1.82) is 0 Å². The average molecular weight is 264 g/mol. The van der Waals surface area contributed by atoms with Crippen LogP contribution in [0.1, 0.15) is 11.1 Å². The highest BCUT2D eigenvalue weighted by Gasteiger charge is 2.17. The van der Waals surface area contributed by atoms with E-state index < -0.39 is 6.98 Å². The van der Waals surface area contributed by atoms with Gasteiger partial charge < -0.3 is 12.9 Å². The lowest BCUT2D eigenvalue weighted by Gasteiger charge is -2.07. The van der Waals surface area contributed by atoms with Crippen molar-refractivity contribution in [2.24, 2.45) is 0 Å². The van der Waals surface area contributed by atoms with Crippen molar-refractivity contribution in [3.05, 3.63) is 39.8 Å². The second-order valence-electron chi connectivity index (χ2n) is 2.99. The first kappa shape index (κ1) is 11.4. The molecule has 0 aliphatic carbocycles. The SMILES string of the molecule is Cc1ccc(Br)cc1/C=C/[B-](F)(F)F. The van der Waals surface area contributed by atoms with E-state index in [0.717, 1.165) is 16.1 Å². The molecule has 0 spiro atoms. The molecule has 0 amide bonds. The van der Waals surface area contributed by atoms with Gasteiger partial charge in [-0.1, -0.05) is 28.1 Å². The van der Waals surface area contributed by atoms with Crippen LogP contribution in [0, 0.1) is 6.92 Å². The second-order valence-corrected chi connectivity index (χ2v) is 3.90. The summed E-state index contributed by atoms with van der Waals surface area (Å²) in [5.41, 5.74) is 1.41. The van der Waals surface area contributed by atoms with Gasteiger partial charge in [-0.15, -0.1) is 5.98 Å². The molecule has 0 N–H and O–H groups in total. The van der Waals surface area contributed by atoms with Crippen LogP contribution in [-0.4, -0.2) is 6.98 Å². The van der Waals surface area contributed by atoms with Gasteiger partial charge in [0.2, 0.25) is 0 Å². The molecule has 1 rings (SSSR count). The van der Waals surface area contributed by atoms with Crippen molar-refractivity contribution in [2.45, 2.75) is 6.92 Å². The smallest absolute Gasteiger partial charge is 0.445 e. The molecule has 0 bridgehead atoms. The van der Waals surface area contributed by atoms with E-state index in [9.17, 15) is 12.9 Å². The molecule has 5 heteroatoms. The van der Waals surface area contributed by atoms with Crippen molar-refractivity contribution < 1.29 is 12.9 Å². The molecule has 14 heavy (non-hydrogen) atoms. The Balaban J connectivity index is 2.97. The minimum atomic E-state index is -4.85. The van der Waals surface area contributed by atoms with Crippen LogP contribution < -0.4 is 0 Å². The third-order valence-corrected chi connectivity index (χ3v) is 2.23. The fourth-order valence-electron chi connectivity index (χ4n) is 1.00. The minimum absolute atomic E-state index is 0.300. The molecule has 0 aliphatic rings. The molecular formula is C9H8BBrF3-. The van der Waals surface area contributed by atoms with Gasteiger partial charge in [-0.25, -0.2) is 0 Å². The summed E-state index contributed by atoms with van der Waals surface area (Å²) in [5.74, 6) is 0.300. The highest BCUT2D eigenvalue weighted by molar-refractivity contribution is 9.10. The van der Waals surface area contributed by atoms with Gasteiger partial charge in [-0.05, 0) is 30.2 Å². The quantitative estimate of drug-likeness (QED) is 0.703. The maximum atomic E-state index is 11.9. The van der Waals surface area contributed by atoms with Crippen LogP contribution in [0.4, 0.5) is 12.9 Å². The van der Waals surface area contributed by atoms with Crippen LogP contribution in [0.2, 0.25) is 0 Å². The minimum Gasteiger partial charge on any atom is -0.445 e. The summed E-state index contributed by atoms with van der Waals surface area (Å²) in [7, 11) is 0. The first-order valence-corrected chi connectivity index (χ1v) is 4.83. The second kappa shape index (κ2) is 4.21. The molecule has 0 radical (unpaired) electrons. The standard InChI is InChI=1S/C9H8BBrF3/c1-7-2-3-9(11)6-8(7)4-5-10(12,13)14/h2-6H,1H3/q-1/b5-4+. The number of hydrogen-bond donors (Lipinski definition) is 0. The number of hydrogen-bond acceptors (Lipinski definition) is 0. The van der Waals surface area contributed by atoms with Crippen LogP contribution in [-0.2, 0) is 0 Å². The molecule has 0 saturated carbocycles. The van der Waals surface area contributed by atoms with Crippen LogP contribution in [0.15, 0.2) is 28.6 Å². The van der Waals surface area contributed by atoms with Crippen molar-refractivity contribution >= 4 is 29.0 Å². The lowest BCUT2D eigenvalue weighted by atomic mass is 9.90. The number of aryl methyl sites for hydroxylation is 1. The third-order valence-electron chi connectivity index (χ3n) is 1.74. The largest absolute Gasteiger partial charge is 0.502 e. The van der Waals surface area contributed by atoms with E-state index in [0.29, 0.717) is 11.5 Å². The fourth-order valence-corrected chi connectivity index (χ4v) is 1.38. The van der Waals surface area contributed by atoms with E-state index in [4.69, 9.17) is 0 Å². The molecule has 0 aliphatic heterocycles. The zero-order valence-corrected chi connectivity index (χ0v) is 9.06. The Morgan fingerprint density at radius 2 is 1.93 bits per heavy atom. The van der Waals surface area contributed by atoms with E-state index in [1.807, 2.05) is 0 Å². The number of rotatable bonds is 2. The monoisotopic (exact) mass is 263 g/mol. The van der Waals surface area contributed by atoms with Crippen LogP contribution in [0.3, 0.4) is 0 Å². The highest BCUT2D eigenvalue weighted by atomic mass is 79.9. The molecular weight excluding hydrogens is 256 g/mol. The van der Waals surface area contributed by atoms with Crippen molar-refractivity contribution in [3.63, 3.8) is 0 Å². The van der Waals surface area contributed by atoms with Gasteiger partial charge in [0, 0.05) is 4.47 Å². The van der Waals surface area contributed by atoms with Crippen molar-refractivity contribution in [1.82, 2.24) is 0 Å². The third kappa shape index (κ3) is 3.58. The van der Waals surface area contributed by atoms with Crippen molar-refractivity contribution in [3.8, 4) is 0 Å². The van der Waals surface area contributed by atoms with Crippen LogP contribution in [0.25, 0.3) is 6.08 Å². The Labute approximate surface area is 89.0 Å². The summed E-state index contributed by atoms with van der Waals surface area (Å²) >= 11 is 3.21. The number of benzene rings is 1. The van der Waals surface area contributed by atoms with E-state index in [1.165, 1.54) is 0 Å². The first-order chi connectivity index (χ1) is 6.38. The normalized spacial score (nSPS) is 12.4. The lowest BCUT2D eigenvalue weighted by molar-refractivity contribution is 0.499. The van der Waals surface area contributed by atoms with E-state index in [2.05, 4.69) is 15.9 Å². The topological polar surface area (TPSA) is 0 Å². The molecule has 1 aromatic carbocycles. The molecule has 0 saturated heterocycles. The summed E-state index contributed by atoms with van der Waals surface area (Å²) in [6.07, 6.45) is 1.10. The highest BCUT2D eigenvalue weighted by Crippen LogP contribution is 2.19. The first-order valence-electron chi connectivity index (χ1n) is 4.04. The zero-order chi connectivity index (χ0) is 10.8. The van der Waals surface area contributed by atoms with E-state index in [1.54, 1.807) is 25.1 Å². The van der Waals surface area contributed by atoms with Gasteiger partial charge in [0.1, 0.15) is 0 Å². The summed E-state index contributed by atoms with van der Waals surface area (Å²) in [6, 6.07) is 5.23. The maximum absolute atomic E-state index is 11.9. The number of halogens is 4. The van der Waals surface area contributed by atoms with Crippen LogP contribution >= 0.6 is 15.9 Å². The molecule has 1 aromatic rings. The van der Waals surface area contributed by atoms with Gasteiger partial charge in [-0.2, -0.15) is 0 Å². The molecule has 0 unspecified atom stereocenters. The Bertz CT molecular complexity index is 358. The van der Waals surface area contributed by atoms with Crippen molar-refractivity contribution in [2.75, 3.05) is 0 Å². The summed E-state index contributed by atoms with van der Waals surface area (Å²) in [6.45, 7) is -3.08. The van der Waals surface area contributed by atoms with Gasteiger partial charge >= 0.3 is 6.98 Å². The molecule has 76 valence electrons. The fraction of sp³-hybridized carbons (Fsp3) is 0.111. The van der Waals surface area contributed by atoms with Crippen LogP contribution in [0.5, 0.6) is 0 Å². The summed E-state index contributed by atoms with van der Waals surface area (Å²) < 4.78 is 36.6. The van der Waals surface area contributed by atoms with Gasteiger partial charge in [0.25, 0.3) is 0 Å². The zero-order valence-electron chi connectivity index (χ0n) is 7.48. The molecule has 0 heterocycles. The van der Waals surface area contributed by atoms with Gasteiger partial charge in [-0.3, -0.25) is 0 Å². The van der Waals surface area contributed by atoms with E-state index >= 15 is 0 Å². The van der Waals surface area contributed by atoms with E-state index in [-0.39, 0.29) is 0 Å². The summed E-state index contributed by atoms with van der Waals surface area (Å²) in [5, 5.41) is 0. The molecule has 0 nitrogen and oxygen atoms in total.